The number of aryl methyl sites for hydroxylation is 1. The molecule has 2 aromatic heterocycles. The zero-order valence-corrected chi connectivity index (χ0v) is 24.7. The maximum Gasteiger partial charge on any atom is 0.228 e. The molecule has 0 unspecified atom stereocenters. The van der Waals surface area contributed by atoms with Crippen LogP contribution in [0.4, 0.5) is 10.1 Å². The number of carbonyl (C=O) groups excluding carboxylic acids is 1. The van der Waals surface area contributed by atoms with E-state index in [1.165, 1.54) is 6.07 Å². The number of benzene rings is 3. The summed E-state index contributed by atoms with van der Waals surface area (Å²) in [5.74, 6) is -0.511. The predicted molar refractivity (Wildman–Crippen MR) is 162 cm³/mol. The Hall–Kier alpha value is -4.57. The Balaban J connectivity index is 1.36. The van der Waals surface area contributed by atoms with E-state index in [9.17, 15) is 9.00 Å². The summed E-state index contributed by atoms with van der Waals surface area (Å²) in [7, 11) is -3.16. The number of fused-ring (bicyclic) bond motifs is 1. The first-order chi connectivity index (χ1) is 19.9. The molecule has 10 heteroatoms. The van der Waals surface area contributed by atoms with Crippen molar-refractivity contribution in [2.75, 3.05) is 5.32 Å². The van der Waals surface area contributed by atoms with Crippen molar-refractivity contribution >= 4 is 32.2 Å². The second-order valence-electron chi connectivity index (χ2n) is 11.2. The number of anilines is 1. The van der Waals surface area contributed by atoms with Crippen LogP contribution in [0.5, 0.6) is 11.5 Å². The van der Waals surface area contributed by atoms with Gasteiger partial charge in [-0.05, 0) is 74.7 Å². The monoisotopic (exact) mass is 585 g/mol. The highest BCUT2D eigenvalue weighted by Crippen LogP contribution is 2.35. The molecule has 2 N–H and O–H groups in total. The van der Waals surface area contributed by atoms with Crippen LogP contribution in [0.15, 0.2) is 90.2 Å². The molecule has 0 saturated heterocycles. The molecule has 1 atom stereocenters. The van der Waals surface area contributed by atoms with Gasteiger partial charge in [-0.1, -0.05) is 36.4 Å². The molecule has 0 aliphatic heterocycles. The van der Waals surface area contributed by atoms with Gasteiger partial charge in [0.05, 0.1) is 44.8 Å². The van der Waals surface area contributed by atoms with Crippen LogP contribution in [0.25, 0.3) is 10.9 Å². The lowest BCUT2D eigenvalue weighted by atomic mass is 10.1. The zero-order valence-electron chi connectivity index (χ0n) is 23.8. The van der Waals surface area contributed by atoms with Gasteiger partial charge in [0.2, 0.25) is 5.91 Å². The Bertz CT molecular complexity index is 1860. The number of hydrogen-bond donors (Lipinski definition) is 2. The molecule has 0 fully saturated rings. The zero-order chi connectivity index (χ0) is 30.1. The number of carbonyl (C=O) groups is 1. The van der Waals surface area contributed by atoms with Gasteiger partial charge in [-0.15, -0.1) is 0 Å². The van der Waals surface area contributed by atoms with E-state index in [0.717, 1.165) is 5.56 Å². The Morgan fingerprint density at radius 2 is 1.83 bits per heavy atom. The van der Waals surface area contributed by atoms with Crippen molar-refractivity contribution in [3.63, 3.8) is 0 Å². The number of nitrogens with zero attached hydrogens (tertiary/aromatic N) is 3. The number of pyridine rings is 1. The molecule has 8 nitrogen and oxygen atoms in total. The number of hydrogen-bond acceptors (Lipinski definition) is 6. The standard InChI is InChI=1S/C32H32FN5O3S/c1-21-14-23(16-30(39)37-24-18-36-38(19-24)32(2,3)4)15-27(33)31(21)41-29-12-13-35-28-11-10-25(17-26(28)29)42(34,40)20-22-8-6-5-7-9-22/h5-15,17-19,34H,16,20H2,1-4H3,(H,37,39)/t42-/m1/s1. The summed E-state index contributed by atoms with van der Waals surface area (Å²) < 4.78 is 45.1. The van der Waals surface area contributed by atoms with Crippen LogP contribution >= 0.6 is 0 Å². The van der Waals surface area contributed by atoms with Crippen LogP contribution in [0.2, 0.25) is 0 Å². The third-order valence-electron chi connectivity index (χ3n) is 6.69. The van der Waals surface area contributed by atoms with Crippen LogP contribution in [0.1, 0.15) is 37.5 Å². The highest BCUT2D eigenvalue weighted by atomic mass is 32.2. The smallest absolute Gasteiger partial charge is 0.228 e. The highest BCUT2D eigenvalue weighted by molar-refractivity contribution is 7.91. The molecule has 5 aromatic rings. The summed E-state index contributed by atoms with van der Waals surface area (Å²) in [6, 6.07) is 18.8. The molecule has 216 valence electrons. The summed E-state index contributed by atoms with van der Waals surface area (Å²) in [6.45, 7) is 7.73. The first-order valence-corrected chi connectivity index (χ1v) is 15.1. The van der Waals surface area contributed by atoms with Crippen LogP contribution in [-0.2, 0) is 32.2 Å². The molecule has 0 saturated carbocycles. The quantitative estimate of drug-likeness (QED) is 0.200. The summed E-state index contributed by atoms with van der Waals surface area (Å²) >= 11 is 0. The van der Waals surface area contributed by atoms with Crippen molar-refractivity contribution in [1.82, 2.24) is 14.8 Å². The average Bonchev–Trinajstić information content (AvgIpc) is 3.40. The van der Waals surface area contributed by atoms with E-state index >= 15 is 4.39 Å². The first kappa shape index (κ1) is 28.9. The van der Waals surface area contributed by atoms with Crippen molar-refractivity contribution in [1.29, 1.82) is 4.78 Å². The van der Waals surface area contributed by atoms with E-state index in [1.807, 2.05) is 51.1 Å². The van der Waals surface area contributed by atoms with Gasteiger partial charge in [0, 0.05) is 22.7 Å². The maximum absolute atomic E-state index is 15.4. The molecule has 3 aromatic carbocycles. The van der Waals surface area contributed by atoms with E-state index in [0.29, 0.717) is 38.4 Å². The SMILES string of the molecule is Cc1cc(CC(=O)Nc2cnn(C(C)(C)C)c2)cc(F)c1Oc1ccnc2ccc([S@](=N)(=O)Cc3ccccc3)cc12. The number of aromatic nitrogens is 3. The average molecular weight is 586 g/mol. The van der Waals surface area contributed by atoms with Crippen molar-refractivity contribution < 1.29 is 18.1 Å². The molecular weight excluding hydrogens is 553 g/mol. The van der Waals surface area contributed by atoms with Gasteiger partial charge in [-0.25, -0.2) is 13.4 Å². The third-order valence-corrected chi connectivity index (χ3v) is 8.44. The summed E-state index contributed by atoms with van der Waals surface area (Å²) in [5, 5.41) is 7.60. The maximum atomic E-state index is 15.4. The fourth-order valence-corrected chi connectivity index (χ4v) is 6.00. The summed E-state index contributed by atoms with van der Waals surface area (Å²) in [5.41, 5.74) is 2.71. The Morgan fingerprint density at radius 1 is 1.07 bits per heavy atom. The second kappa shape index (κ2) is 11.4. The van der Waals surface area contributed by atoms with Gasteiger partial charge in [-0.3, -0.25) is 14.5 Å². The van der Waals surface area contributed by atoms with Crippen LogP contribution in [0.3, 0.4) is 0 Å². The summed E-state index contributed by atoms with van der Waals surface area (Å²) in [4.78, 5) is 17.4. The van der Waals surface area contributed by atoms with E-state index < -0.39 is 15.5 Å². The predicted octanol–water partition coefficient (Wildman–Crippen LogP) is 7.21. The van der Waals surface area contributed by atoms with Gasteiger partial charge >= 0.3 is 0 Å². The lowest BCUT2D eigenvalue weighted by Crippen LogP contribution is -2.22. The number of nitrogens with one attached hydrogen (secondary N) is 2. The lowest BCUT2D eigenvalue weighted by Gasteiger charge is -2.18. The van der Waals surface area contributed by atoms with Gasteiger partial charge in [0.15, 0.2) is 11.6 Å². The number of rotatable bonds is 8. The molecule has 5 rings (SSSR count). The molecular formula is C32H32FN5O3S. The molecule has 0 radical (unpaired) electrons. The van der Waals surface area contributed by atoms with Crippen LogP contribution < -0.4 is 10.1 Å². The van der Waals surface area contributed by atoms with Crippen molar-refractivity contribution in [3.05, 3.63) is 108 Å². The van der Waals surface area contributed by atoms with Crippen molar-refractivity contribution in [2.24, 2.45) is 0 Å². The normalized spacial score (nSPS) is 13.1. The van der Waals surface area contributed by atoms with Gasteiger partial charge < -0.3 is 10.1 Å². The minimum Gasteiger partial charge on any atom is -0.453 e. The molecule has 1 amide bonds. The lowest BCUT2D eigenvalue weighted by molar-refractivity contribution is -0.115. The minimum atomic E-state index is -3.16. The fraction of sp³-hybridized carbons (Fsp3) is 0.219. The van der Waals surface area contributed by atoms with Crippen LogP contribution in [0, 0.1) is 17.5 Å². The van der Waals surface area contributed by atoms with Gasteiger partial charge in [-0.2, -0.15) is 5.10 Å². The fourth-order valence-electron chi connectivity index (χ4n) is 4.57. The van der Waals surface area contributed by atoms with E-state index in [-0.39, 0.29) is 29.4 Å². The number of ether oxygens (including phenoxy) is 1. The number of halogens is 1. The Kier molecular flexibility index (Phi) is 7.83. The topological polar surface area (TPSA) is 110 Å². The summed E-state index contributed by atoms with van der Waals surface area (Å²) in [6.07, 6.45) is 4.86. The molecule has 0 spiro atoms. The molecule has 0 aliphatic rings. The third kappa shape index (κ3) is 6.49. The van der Waals surface area contributed by atoms with E-state index in [1.54, 1.807) is 60.5 Å². The van der Waals surface area contributed by atoms with Gasteiger partial charge in [0.1, 0.15) is 5.75 Å². The van der Waals surface area contributed by atoms with E-state index in [4.69, 9.17) is 9.52 Å². The molecule has 0 bridgehead atoms. The van der Waals surface area contributed by atoms with Crippen molar-refractivity contribution in [2.45, 2.75) is 50.3 Å². The van der Waals surface area contributed by atoms with E-state index in [2.05, 4.69) is 15.4 Å². The first-order valence-electron chi connectivity index (χ1n) is 13.4. The molecule has 0 aliphatic carbocycles. The molecule has 2 heterocycles. The van der Waals surface area contributed by atoms with Gasteiger partial charge in [0.25, 0.3) is 0 Å². The second-order valence-corrected chi connectivity index (χ2v) is 13.3. The largest absolute Gasteiger partial charge is 0.453 e. The minimum absolute atomic E-state index is 0.0133. The Morgan fingerprint density at radius 3 is 2.52 bits per heavy atom. The van der Waals surface area contributed by atoms with Crippen molar-refractivity contribution in [3.8, 4) is 11.5 Å². The number of amides is 1. The highest BCUT2D eigenvalue weighted by Gasteiger charge is 2.18. The molecule has 42 heavy (non-hydrogen) atoms. The van der Waals surface area contributed by atoms with Crippen LogP contribution in [-0.4, -0.2) is 24.9 Å². The Labute approximate surface area is 244 Å².